The quantitative estimate of drug-likeness (QED) is 0.739. The van der Waals surface area contributed by atoms with Gasteiger partial charge in [-0.15, -0.1) is 0 Å². The van der Waals surface area contributed by atoms with E-state index in [1.807, 2.05) is 6.20 Å². The average Bonchev–Trinajstić information content (AvgIpc) is 2.90. The lowest BCUT2D eigenvalue weighted by atomic mass is 10.1. The van der Waals surface area contributed by atoms with Crippen molar-refractivity contribution < 1.29 is 0 Å². The van der Waals surface area contributed by atoms with Crippen molar-refractivity contribution in [3.8, 4) is 0 Å². The molecule has 0 radical (unpaired) electrons. The van der Waals surface area contributed by atoms with Gasteiger partial charge in [0.25, 0.3) is 0 Å². The number of hydrogen-bond acceptors (Lipinski definition) is 3. The number of rotatable bonds is 3. The molecule has 3 heterocycles. The first-order valence-corrected chi connectivity index (χ1v) is 8.72. The van der Waals surface area contributed by atoms with Crippen molar-refractivity contribution in [2.75, 3.05) is 6.54 Å². The van der Waals surface area contributed by atoms with E-state index in [0.717, 1.165) is 31.9 Å². The van der Waals surface area contributed by atoms with Crippen LogP contribution in [0.25, 0.3) is 10.9 Å². The van der Waals surface area contributed by atoms with Crippen molar-refractivity contribution in [1.29, 1.82) is 0 Å². The Balaban J connectivity index is 1.55. The second kappa shape index (κ2) is 6.02. The molecule has 4 heteroatoms. The Bertz CT molecular complexity index is 878. The fraction of sp³-hybridized carbons (Fsp3) is 0.400. The van der Waals surface area contributed by atoms with E-state index in [0.29, 0.717) is 5.92 Å². The van der Waals surface area contributed by atoms with Crippen LogP contribution in [0.1, 0.15) is 42.5 Å². The van der Waals surface area contributed by atoms with Gasteiger partial charge in [-0.1, -0.05) is 32.0 Å². The van der Waals surface area contributed by atoms with Crippen LogP contribution < -0.4 is 0 Å². The molecule has 1 aliphatic rings. The van der Waals surface area contributed by atoms with E-state index in [4.69, 9.17) is 4.98 Å². The standard InChI is InChI=1S/C20H24N4/c1-14(2)20-21-11-16-12-24(9-8-18(16)22-20)13-17-10-15-6-4-5-7-19(15)23(17)3/h4-7,10-11,14H,8-9,12-13H2,1-3H3. The van der Waals surface area contributed by atoms with E-state index in [2.05, 4.69) is 65.7 Å². The fourth-order valence-corrected chi connectivity index (χ4v) is 3.53. The minimum atomic E-state index is 0.393. The minimum Gasteiger partial charge on any atom is -0.346 e. The maximum absolute atomic E-state index is 4.76. The van der Waals surface area contributed by atoms with Crippen LogP contribution in [0.3, 0.4) is 0 Å². The van der Waals surface area contributed by atoms with Gasteiger partial charge in [-0.2, -0.15) is 0 Å². The molecule has 0 N–H and O–H groups in total. The van der Waals surface area contributed by atoms with Gasteiger partial charge in [0.15, 0.2) is 0 Å². The predicted molar refractivity (Wildman–Crippen MR) is 96.9 cm³/mol. The molecular formula is C20H24N4. The third-order valence-electron chi connectivity index (χ3n) is 4.98. The molecule has 0 aliphatic carbocycles. The number of benzene rings is 1. The summed E-state index contributed by atoms with van der Waals surface area (Å²) in [5.74, 6) is 1.36. The predicted octanol–water partition coefficient (Wildman–Crippen LogP) is 3.65. The highest BCUT2D eigenvalue weighted by atomic mass is 15.2. The SMILES string of the molecule is CC(C)c1ncc2c(n1)CCN(Cc1cc3ccccc3n1C)C2. The zero-order valence-corrected chi connectivity index (χ0v) is 14.7. The Kier molecular flexibility index (Phi) is 3.85. The second-order valence-electron chi connectivity index (χ2n) is 7.07. The molecule has 0 saturated carbocycles. The van der Waals surface area contributed by atoms with Crippen molar-refractivity contribution in [1.82, 2.24) is 19.4 Å². The lowest BCUT2D eigenvalue weighted by Crippen LogP contribution is -2.31. The maximum Gasteiger partial charge on any atom is 0.131 e. The van der Waals surface area contributed by atoms with Crippen LogP contribution in [-0.2, 0) is 26.6 Å². The van der Waals surface area contributed by atoms with E-state index in [1.54, 1.807) is 0 Å². The molecule has 0 spiro atoms. The molecule has 0 bridgehead atoms. The zero-order chi connectivity index (χ0) is 16.7. The molecule has 1 aliphatic heterocycles. The van der Waals surface area contributed by atoms with Crippen LogP contribution in [0, 0.1) is 0 Å². The monoisotopic (exact) mass is 320 g/mol. The highest BCUT2D eigenvalue weighted by Crippen LogP contribution is 2.23. The highest BCUT2D eigenvalue weighted by molar-refractivity contribution is 5.81. The third kappa shape index (κ3) is 2.71. The fourth-order valence-electron chi connectivity index (χ4n) is 3.53. The topological polar surface area (TPSA) is 34.0 Å². The molecular weight excluding hydrogens is 296 g/mol. The van der Waals surface area contributed by atoms with Gasteiger partial charge in [-0.05, 0) is 17.5 Å². The van der Waals surface area contributed by atoms with Crippen LogP contribution in [0.5, 0.6) is 0 Å². The van der Waals surface area contributed by atoms with Crippen LogP contribution >= 0.6 is 0 Å². The van der Waals surface area contributed by atoms with Crippen molar-refractivity contribution in [3.63, 3.8) is 0 Å². The summed E-state index contributed by atoms with van der Waals surface area (Å²) in [6, 6.07) is 10.9. The lowest BCUT2D eigenvalue weighted by Gasteiger charge is -2.28. The summed E-state index contributed by atoms with van der Waals surface area (Å²) in [6.07, 6.45) is 3.05. The van der Waals surface area contributed by atoms with E-state index in [1.165, 1.54) is 27.9 Å². The smallest absolute Gasteiger partial charge is 0.131 e. The average molecular weight is 320 g/mol. The van der Waals surface area contributed by atoms with Gasteiger partial charge in [-0.3, -0.25) is 4.90 Å². The van der Waals surface area contributed by atoms with Gasteiger partial charge in [0, 0.05) is 67.7 Å². The van der Waals surface area contributed by atoms with Crippen molar-refractivity contribution in [3.05, 3.63) is 59.3 Å². The highest BCUT2D eigenvalue weighted by Gasteiger charge is 2.20. The van der Waals surface area contributed by atoms with Crippen LogP contribution in [0.15, 0.2) is 36.5 Å². The van der Waals surface area contributed by atoms with Crippen molar-refractivity contribution >= 4 is 10.9 Å². The van der Waals surface area contributed by atoms with Crippen molar-refractivity contribution in [2.24, 2.45) is 7.05 Å². The number of nitrogens with zero attached hydrogens (tertiary/aromatic N) is 4. The number of aryl methyl sites for hydroxylation is 1. The summed E-state index contributed by atoms with van der Waals surface area (Å²) in [4.78, 5) is 11.8. The molecule has 2 aromatic heterocycles. The summed E-state index contributed by atoms with van der Waals surface area (Å²) >= 11 is 0. The largest absolute Gasteiger partial charge is 0.346 e. The van der Waals surface area contributed by atoms with Gasteiger partial charge >= 0.3 is 0 Å². The molecule has 1 aromatic carbocycles. The van der Waals surface area contributed by atoms with Crippen molar-refractivity contribution in [2.45, 2.75) is 39.3 Å². The van der Waals surface area contributed by atoms with E-state index >= 15 is 0 Å². The summed E-state index contributed by atoms with van der Waals surface area (Å²) in [7, 11) is 2.16. The minimum absolute atomic E-state index is 0.393. The van der Waals surface area contributed by atoms with Crippen LogP contribution in [0.4, 0.5) is 0 Å². The molecule has 0 amide bonds. The van der Waals surface area contributed by atoms with Crippen LogP contribution in [0.2, 0.25) is 0 Å². The van der Waals surface area contributed by atoms with Gasteiger partial charge in [-0.25, -0.2) is 9.97 Å². The van der Waals surface area contributed by atoms with E-state index < -0.39 is 0 Å². The molecule has 4 nitrogen and oxygen atoms in total. The summed E-state index contributed by atoms with van der Waals surface area (Å²) < 4.78 is 2.31. The zero-order valence-electron chi connectivity index (χ0n) is 14.7. The van der Waals surface area contributed by atoms with Gasteiger partial charge in [0.2, 0.25) is 0 Å². The normalized spacial score (nSPS) is 15.2. The first-order valence-electron chi connectivity index (χ1n) is 8.72. The maximum atomic E-state index is 4.76. The Hall–Kier alpha value is -2.20. The number of para-hydroxylation sites is 1. The molecule has 0 unspecified atom stereocenters. The molecule has 124 valence electrons. The Morgan fingerprint density at radius 1 is 1.21 bits per heavy atom. The summed E-state index contributed by atoms with van der Waals surface area (Å²) in [6.45, 7) is 7.27. The van der Waals surface area contributed by atoms with Crippen LogP contribution in [-0.4, -0.2) is 26.0 Å². The van der Waals surface area contributed by atoms with E-state index in [-0.39, 0.29) is 0 Å². The van der Waals surface area contributed by atoms with Gasteiger partial charge in [0.1, 0.15) is 5.82 Å². The lowest BCUT2D eigenvalue weighted by molar-refractivity contribution is 0.237. The Morgan fingerprint density at radius 3 is 2.83 bits per heavy atom. The number of aromatic nitrogens is 3. The molecule has 0 atom stereocenters. The Morgan fingerprint density at radius 2 is 2.04 bits per heavy atom. The third-order valence-corrected chi connectivity index (χ3v) is 4.98. The molecule has 3 aromatic rings. The first kappa shape index (κ1) is 15.3. The van der Waals surface area contributed by atoms with E-state index in [9.17, 15) is 0 Å². The Labute approximate surface area is 143 Å². The molecule has 4 rings (SSSR count). The second-order valence-corrected chi connectivity index (χ2v) is 7.07. The summed E-state index contributed by atoms with van der Waals surface area (Å²) in [5.41, 5.74) is 5.18. The number of hydrogen-bond donors (Lipinski definition) is 0. The first-order chi connectivity index (χ1) is 11.6. The summed E-state index contributed by atoms with van der Waals surface area (Å²) in [5, 5.41) is 1.32. The van der Waals surface area contributed by atoms with Gasteiger partial charge < -0.3 is 4.57 Å². The molecule has 0 fully saturated rings. The number of fused-ring (bicyclic) bond motifs is 2. The van der Waals surface area contributed by atoms with Gasteiger partial charge in [0.05, 0.1) is 0 Å². The molecule has 0 saturated heterocycles. The molecule has 24 heavy (non-hydrogen) atoms.